The molecule has 1 aromatic carbocycles. The lowest BCUT2D eigenvalue weighted by atomic mass is 10.1. The molecule has 128 valence electrons. The van der Waals surface area contributed by atoms with E-state index in [1.807, 2.05) is 38.1 Å². The van der Waals surface area contributed by atoms with Crippen LogP contribution in [-0.2, 0) is 10.0 Å². The maximum absolute atomic E-state index is 12.0. The van der Waals surface area contributed by atoms with Gasteiger partial charge in [0.25, 0.3) is 0 Å². The van der Waals surface area contributed by atoms with Crippen molar-refractivity contribution < 1.29 is 13.2 Å². The molecule has 1 aliphatic heterocycles. The normalized spacial score (nSPS) is 17.0. The Kier molecular flexibility index (Phi) is 6.01. The van der Waals surface area contributed by atoms with Gasteiger partial charge in [0.05, 0.1) is 5.75 Å². The van der Waals surface area contributed by atoms with Crippen molar-refractivity contribution in [2.24, 2.45) is 0 Å². The topological polar surface area (TPSA) is 78.5 Å². The molecule has 0 bridgehead atoms. The zero-order chi connectivity index (χ0) is 16.9. The molecule has 1 heterocycles. The summed E-state index contributed by atoms with van der Waals surface area (Å²) in [6, 6.07) is 7.35. The molecule has 1 aliphatic rings. The van der Waals surface area contributed by atoms with E-state index in [1.165, 1.54) is 4.31 Å². The summed E-state index contributed by atoms with van der Waals surface area (Å²) >= 11 is 0. The third-order valence-corrected chi connectivity index (χ3v) is 6.03. The van der Waals surface area contributed by atoms with Crippen LogP contribution < -0.4 is 10.6 Å². The molecule has 0 saturated carbocycles. The monoisotopic (exact) mass is 339 g/mol. The first-order chi connectivity index (χ1) is 10.9. The number of benzene rings is 1. The Labute approximate surface area is 138 Å². The molecule has 2 amide bonds. The minimum Gasteiger partial charge on any atom is -0.335 e. The van der Waals surface area contributed by atoms with E-state index < -0.39 is 10.0 Å². The molecule has 7 heteroatoms. The van der Waals surface area contributed by atoms with Gasteiger partial charge in [-0.25, -0.2) is 17.5 Å². The Hall–Kier alpha value is -1.60. The number of anilines is 1. The largest absolute Gasteiger partial charge is 0.335 e. The SMILES string of the molecule is CCCS(=O)(=O)N1CCC(NC(=O)Nc2ccc(C)cc2)CC1. The first kappa shape index (κ1) is 17.7. The molecule has 0 spiro atoms. The molecule has 0 radical (unpaired) electrons. The van der Waals surface area contributed by atoms with Crippen LogP contribution in [0.1, 0.15) is 31.7 Å². The molecular formula is C16H25N3O3S. The van der Waals surface area contributed by atoms with Gasteiger partial charge in [-0.2, -0.15) is 0 Å². The van der Waals surface area contributed by atoms with Crippen LogP contribution in [0.25, 0.3) is 0 Å². The Morgan fingerprint density at radius 2 is 1.83 bits per heavy atom. The van der Waals surface area contributed by atoms with E-state index in [0.717, 1.165) is 11.3 Å². The number of urea groups is 1. The molecule has 0 aliphatic carbocycles. The molecular weight excluding hydrogens is 314 g/mol. The highest BCUT2D eigenvalue weighted by Crippen LogP contribution is 2.15. The summed E-state index contributed by atoms with van der Waals surface area (Å²) in [4.78, 5) is 12.0. The van der Waals surface area contributed by atoms with Crippen molar-refractivity contribution in [3.05, 3.63) is 29.8 Å². The van der Waals surface area contributed by atoms with Gasteiger partial charge in [-0.1, -0.05) is 24.6 Å². The minimum absolute atomic E-state index is 0.00789. The maximum Gasteiger partial charge on any atom is 0.319 e. The van der Waals surface area contributed by atoms with Crippen LogP contribution in [0.4, 0.5) is 10.5 Å². The lowest BCUT2D eigenvalue weighted by Crippen LogP contribution is -2.47. The van der Waals surface area contributed by atoms with E-state index in [0.29, 0.717) is 32.4 Å². The molecule has 2 N–H and O–H groups in total. The fraction of sp³-hybridized carbons (Fsp3) is 0.562. The summed E-state index contributed by atoms with van der Waals surface area (Å²) in [7, 11) is -3.13. The second-order valence-corrected chi connectivity index (χ2v) is 8.04. The fourth-order valence-corrected chi connectivity index (χ4v) is 4.20. The molecule has 2 rings (SSSR count). The zero-order valence-electron chi connectivity index (χ0n) is 13.7. The molecule has 23 heavy (non-hydrogen) atoms. The van der Waals surface area contributed by atoms with Gasteiger partial charge >= 0.3 is 6.03 Å². The number of nitrogens with zero attached hydrogens (tertiary/aromatic N) is 1. The van der Waals surface area contributed by atoms with Crippen LogP contribution in [0, 0.1) is 6.92 Å². The molecule has 1 aromatic rings. The first-order valence-corrected chi connectivity index (χ1v) is 9.63. The van der Waals surface area contributed by atoms with Gasteiger partial charge < -0.3 is 10.6 Å². The number of amides is 2. The number of nitrogens with one attached hydrogen (secondary N) is 2. The number of carbonyl (C=O) groups excluding carboxylic acids is 1. The van der Waals surface area contributed by atoms with Crippen molar-refractivity contribution in [3.63, 3.8) is 0 Å². The second-order valence-electron chi connectivity index (χ2n) is 5.95. The Bertz CT molecular complexity index is 620. The van der Waals surface area contributed by atoms with Crippen LogP contribution >= 0.6 is 0 Å². The van der Waals surface area contributed by atoms with Crippen molar-refractivity contribution in [1.82, 2.24) is 9.62 Å². The van der Waals surface area contributed by atoms with Gasteiger partial charge in [-0.05, 0) is 38.3 Å². The van der Waals surface area contributed by atoms with Crippen LogP contribution in [-0.4, -0.2) is 43.6 Å². The van der Waals surface area contributed by atoms with Gasteiger partial charge in [-0.3, -0.25) is 0 Å². The van der Waals surface area contributed by atoms with Crippen molar-refractivity contribution in [3.8, 4) is 0 Å². The summed E-state index contributed by atoms with van der Waals surface area (Å²) in [5, 5.41) is 5.71. The van der Waals surface area contributed by atoms with Gasteiger partial charge in [-0.15, -0.1) is 0 Å². The van der Waals surface area contributed by atoms with E-state index in [-0.39, 0.29) is 17.8 Å². The maximum atomic E-state index is 12.0. The Morgan fingerprint density at radius 1 is 1.22 bits per heavy atom. The highest BCUT2D eigenvalue weighted by Gasteiger charge is 2.27. The van der Waals surface area contributed by atoms with E-state index in [9.17, 15) is 13.2 Å². The van der Waals surface area contributed by atoms with Crippen molar-refractivity contribution in [2.45, 2.75) is 39.2 Å². The van der Waals surface area contributed by atoms with Crippen molar-refractivity contribution >= 4 is 21.7 Å². The van der Waals surface area contributed by atoms with Crippen molar-refractivity contribution in [2.75, 3.05) is 24.2 Å². The summed E-state index contributed by atoms with van der Waals surface area (Å²) in [6.45, 7) is 4.79. The zero-order valence-corrected chi connectivity index (χ0v) is 14.5. The predicted molar refractivity (Wildman–Crippen MR) is 92.0 cm³/mol. The Morgan fingerprint density at radius 3 is 2.39 bits per heavy atom. The van der Waals surface area contributed by atoms with Crippen LogP contribution in [0.15, 0.2) is 24.3 Å². The van der Waals surface area contributed by atoms with Crippen LogP contribution in [0.3, 0.4) is 0 Å². The average Bonchev–Trinajstić information content (AvgIpc) is 2.50. The summed E-state index contributed by atoms with van der Waals surface area (Å²) in [6.07, 6.45) is 1.91. The minimum atomic E-state index is -3.13. The molecule has 0 aromatic heterocycles. The molecule has 6 nitrogen and oxygen atoms in total. The van der Waals surface area contributed by atoms with Crippen molar-refractivity contribution in [1.29, 1.82) is 0 Å². The van der Waals surface area contributed by atoms with Gasteiger partial charge in [0.1, 0.15) is 0 Å². The predicted octanol–water partition coefficient (Wildman–Crippen LogP) is 2.32. The number of carbonyl (C=O) groups is 1. The summed E-state index contributed by atoms with van der Waals surface area (Å²) in [5.41, 5.74) is 1.88. The quantitative estimate of drug-likeness (QED) is 0.864. The van der Waals surface area contributed by atoms with E-state index in [4.69, 9.17) is 0 Å². The highest BCUT2D eigenvalue weighted by atomic mass is 32.2. The third kappa shape index (κ3) is 5.21. The molecule has 0 unspecified atom stereocenters. The van der Waals surface area contributed by atoms with Gasteiger partial charge in [0, 0.05) is 24.8 Å². The fourth-order valence-electron chi connectivity index (χ4n) is 2.65. The summed E-state index contributed by atoms with van der Waals surface area (Å²) < 4.78 is 25.6. The Balaban J connectivity index is 1.80. The van der Waals surface area contributed by atoms with E-state index in [1.54, 1.807) is 0 Å². The van der Waals surface area contributed by atoms with Crippen LogP contribution in [0.2, 0.25) is 0 Å². The molecule has 1 fully saturated rings. The number of rotatable bonds is 5. The number of aryl methyl sites for hydroxylation is 1. The smallest absolute Gasteiger partial charge is 0.319 e. The third-order valence-electron chi connectivity index (χ3n) is 3.95. The molecule has 0 atom stereocenters. The number of sulfonamides is 1. The average molecular weight is 339 g/mol. The first-order valence-electron chi connectivity index (χ1n) is 8.02. The van der Waals surface area contributed by atoms with Gasteiger partial charge in [0.15, 0.2) is 0 Å². The number of hydrogen-bond donors (Lipinski definition) is 2. The lowest BCUT2D eigenvalue weighted by molar-refractivity contribution is 0.238. The van der Waals surface area contributed by atoms with E-state index >= 15 is 0 Å². The standard InChI is InChI=1S/C16H25N3O3S/c1-3-12-23(21,22)19-10-8-15(9-11-19)18-16(20)17-14-6-4-13(2)5-7-14/h4-7,15H,3,8-12H2,1-2H3,(H2,17,18,20). The second kappa shape index (κ2) is 7.79. The number of hydrogen-bond acceptors (Lipinski definition) is 3. The van der Waals surface area contributed by atoms with Crippen LogP contribution in [0.5, 0.6) is 0 Å². The number of piperidine rings is 1. The highest BCUT2D eigenvalue weighted by molar-refractivity contribution is 7.89. The van der Waals surface area contributed by atoms with Gasteiger partial charge in [0.2, 0.25) is 10.0 Å². The molecule has 1 saturated heterocycles. The lowest BCUT2D eigenvalue weighted by Gasteiger charge is -2.31. The summed E-state index contributed by atoms with van der Waals surface area (Å²) in [5.74, 6) is 0.193. The van der Waals surface area contributed by atoms with E-state index in [2.05, 4.69) is 10.6 Å².